The summed E-state index contributed by atoms with van der Waals surface area (Å²) >= 11 is 6.21. The number of aromatic nitrogens is 6. The number of fused-ring (bicyclic) bond motifs is 3. The van der Waals surface area contributed by atoms with E-state index in [0.717, 1.165) is 32.5 Å². The Balaban J connectivity index is 1.63. The van der Waals surface area contributed by atoms with Gasteiger partial charge in [0.15, 0.2) is 0 Å². The molecule has 156 valence electrons. The molecular weight excluding hydrogens is 438 g/mol. The van der Waals surface area contributed by atoms with E-state index in [1.54, 1.807) is 4.40 Å². The van der Waals surface area contributed by atoms with Crippen molar-refractivity contribution in [2.45, 2.75) is 0 Å². The summed E-state index contributed by atoms with van der Waals surface area (Å²) in [4.78, 5) is 6.61. The van der Waals surface area contributed by atoms with E-state index in [2.05, 4.69) is 20.3 Å². The molecule has 5 aromatic rings. The van der Waals surface area contributed by atoms with Crippen LogP contribution in [0.2, 0.25) is 5.28 Å². The molecule has 0 aliphatic rings. The van der Waals surface area contributed by atoms with Crippen LogP contribution in [0.25, 0.3) is 27.8 Å². The van der Waals surface area contributed by atoms with Crippen molar-refractivity contribution >= 4 is 49.8 Å². The smallest absolute Gasteiger partial charge is 0.258 e. The van der Waals surface area contributed by atoms with Gasteiger partial charge in [-0.2, -0.15) is 14.2 Å². The minimum Gasteiger partial charge on any atom is -0.329 e. The van der Waals surface area contributed by atoms with Crippen molar-refractivity contribution in [3.05, 3.63) is 66.2 Å². The molecule has 5 rings (SSSR count). The highest BCUT2D eigenvalue weighted by molar-refractivity contribution is 7.89. The van der Waals surface area contributed by atoms with E-state index < -0.39 is 10.0 Å². The van der Waals surface area contributed by atoms with Gasteiger partial charge in [0.1, 0.15) is 5.82 Å². The SMILES string of the molecule is CN(c1cccc(-c2cnn(S(C)(=O)=O)c2)c1)c1nc2nnc(Cl)n2c2ccccc12. The average Bonchev–Trinajstić information content (AvgIpc) is 3.40. The highest BCUT2D eigenvalue weighted by Crippen LogP contribution is 2.33. The van der Waals surface area contributed by atoms with Crippen LogP contribution in [0.5, 0.6) is 0 Å². The lowest BCUT2D eigenvalue weighted by atomic mass is 10.1. The summed E-state index contributed by atoms with van der Waals surface area (Å²) in [6.45, 7) is 0. The first-order valence-electron chi connectivity index (χ1n) is 9.22. The van der Waals surface area contributed by atoms with Crippen molar-refractivity contribution in [2.75, 3.05) is 18.2 Å². The third-order valence-electron chi connectivity index (χ3n) is 4.98. The molecule has 0 fully saturated rings. The molecule has 0 saturated heterocycles. The number of rotatable bonds is 4. The zero-order chi connectivity index (χ0) is 21.8. The predicted molar refractivity (Wildman–Crippen MR) is 119 cm³/mol. The van der Waals surface area contributed by atoms with Crippen molar-refractivity contribution in [1.29, 1.82) is 0 Å². The van der Waals surface area contributed by atoms with Gasteiger partial charge >= 0.3 is 0 Å². The van der Waals surface area contributed by atoms with E-state index in [-0.39, 0.29) is 5.28 Å². The van der Waals surface area contributed by atoms with Crippen molar-refractivity contribution in [2.24, 2.45) is 0 Å². The van der Waals surface area contributed by atoms with Crippen molar-refractivity contribution in [1.82, 2.24) is 28.8 Å². The standard InChI is InChI=1S/C20H16ClN7O2S/c1-26(15-7-5-6-13(10-15)14-11-22-27(12-14)31(2,29)30)18-16-8-3-4-9-17(16)28-19(21)24-25-20(28)23-18/h3-12H,1-2H3. The molecule has 3 aromatic heterocycles. The first-order chi connectivity index (χ1) is 14.8. The maximum Gasteiger partial charge on any atom is 0.258 e. The molecule has 31 heavy (non-hydrogen) atoms. The van der Waals surface area contributed by atoms with Gasteiger partial charge in [0.05, 0.1) is 24.2 Å². The zero-order valence-corrected chi connectivity index (χ0v) is 18.1. The highest BCUT2D eigenvalue weighted by Gasteiger charge is 2.17. The normalized spacial score (nSPS) is 12.0. The molecule has 0 saturated carbocycles. The second-order valence-corrected chi connectivity index (χ2v) is 9.21. The van der Waals surface area contributed by atoms with Gasteiger partial charge in [-0.15, -0.1) is 10.2 Å². The van der Waals surface area contributed by atoms with E-state index in [0.29, 0.717) is 17.2 Å². The zero-order valence-electron chi connectivity index (χ0n) is 16.5. The van der Waals surface area contributed by atoms with Crippen LogP contribution >= 0.6 is 11.6 Å². The Morgan fingerprint density at radius 3 is 2.61 bits per heavy atom. The molecule has 3 heterocycles. The summed E-state index contributed by atoms with van der Waals surface area (Å²) in [6, 6.07) is 15.4. The first kappa shape index (κ1) is 19.5. The van der Waals surface area contributed by atoms with Gasteiger partial charge in [-0.25, -0.2) is 12.8 Å². The lowest BCUT2D eigenvalue weighted by Gasteiger charge is -2.21. The predicted octanol–water partition coefficient (Wildman–Crippen LogP) is 3.37. The van der Waals surface area contributed by atoms with Gasteiger partial charge in [-0.3, -0.25) is 0 Å². The topological polar surface area (TPSA) is 98.3 Å². The molecule has 0 atom stereocenters. The fourth-order valence-corrected chi connectivity index (χ4v) is 4.19. The van der Waals surface area contributed by atoms with Crippen molar-refractivity contribution in [3.63, 3.8) is 0 Å². The third-order valence-corrected chi connectivity index (χ3v) is 6.11. The van der Waals surface area contributed by atoms with E-state index in [4.69, 9.17) is 11.6 Å². The maximum absolute atomic E-state index is 11.7. The molecule has 2 aromatic carbocycles. The van der Waals surface area contributed by atoms with Gasteiger partial charge in [0.25, 0.3) is 15.8 Å². The van der Waals surface area contributed by atoms with Gasteiger partial charge in [-0.1, -0.05) is 24.3 Å². The molecule has 11 heteroatoms. The molecule has 0 amide bonds. The Bertz CT molecular complexity index is 1560. The molecular formula is C20H16ClN7O2S. The van der Waals surface area contributed by atoms with E-state index >= 15 is 0 Å². The second-order valence-electron chi connectivity index (χ2n) is 7.03. The number of benzene rings is 2. The van der Waals surface area contributed by atoms with Gasteiger partial charge in [-0.05, 0) is 41.4 Å². The van der Waals surface area contributed by atoms with Gasteiger partial charge in [0.2, 0.25) is 5.28 Å². The fourth-order valence-electron chi connectivity index (χ4n) is 3.46. The molecule has 0 aliphatic heterocycles. The van der Waals surface area contributed by atoms with Crippen LogP contribution < -0.4 is 4.90 Å². The summed E-state index contributed by atoms with van der Waals surface area (Å²) in [7, 11) is -1.54. The summed E-state index contributed by atoms with van der Waals surface area (Å²) in [5.74, 6) is 1.09. The van der Waals surface area contributed by atoms with Crippen LogP contribution in [-0.4, -0.2) is 50.5 Å². The van der Waals surface area contributed by atoms with E-state index in [1.165, 1.54) is 12.4 Å². The highest BCUT2D eigenvalue weighted by atomic mass is 35.5. The summed E-state index contributed by atoms with van der Waals surface area (Å²) < 4.78 is 26.1. The van der Waals surface area contributed by atoms with Gasteiger partial charge in [0, 0.05) is 23.7 Å². The average molecular weight is 454 g/mol. The Kier molecular flexibility index (Phi) is 4.42. The molecule has 0 N–H and O–H groups in total. The number of hydrogen-bond acceptors (Lipinski definition) is 7. The lowest BCUT2D eigenvalue weighted by molar-refractivity contribution is 0.586. The molecule has 0 unspecified atom stereocenters. The fraction of sp³-hybridized carbons (Fsp3) is 0.100. The minimum atomic E-state index is -3.44. The monoisotopic (exact) mass is 453 g/mol. The number of nitrogens with zero attached hydrogens (tertiary/aromatic N) is 7. The number of para-hydroxylation sites is 1. The largest absolute Gasteiger partial charge is 0.329 e. The first-order valence-corrected chi connectivity index (χ1v) is 11.4. The van der Waals surface area contributed by atoms with Crippen LogP contribution in [0.1, 0.15) is 0 Å². The molecule has 0 aliphatic carbocycles. The lowest BCUT2D eigenvalue weighted by Crippen LogP contribution is -2.13. The molecule has 9 nitrogen and oxygen atoms in total. The number of halogens is 1. The molecule has 0 radical (unpaired) electrons. The summed E-state index contributed by atoms with van der Waals surface area (Å²) in [5.41, 5.74) is 3.22. The quantitative estimate of drug-likeness (QED) is 0.411. The Morgan fingerprint density at radius 2 is 1.84 bits per heavy atom. The van der Waals surface area contributed by atoms with Crippen LogP contribution in [0.15, 0.2) is 60.9 Å². The van der Waals surface area contributed by atoms with E-state index in [1.807, 2.05) is 60.5 Å². The van der Waals surface area contributed by atoms with Crippen molar-refractivity contribution in [3.8, 4) is 11.1 Å². The van der Waals surface area contributed by atoms with Crippen LogP contribution in [0.4, 0.5) is 11.5 Å². The number of hydrogen-bond donors (Lipinski definition) is 0. The third kappa shape index (κ3) is 3.29. The minimum absolute atomic E-state index is 0.248. The van der Waals surface area contributed by atoms with Crippen molar-refractivity contribution < 1.29 is 8.42 Å². The Morgan fingerprint density at radius 1 is 1.03 bits per heavy atom. The number of anilines is 2. The molecule has 0 spiro atoms. The Labute approximate surface area is 182 Å². The van der Waals surface area contributed by atoms with Gasteiger partial charge < -0.3 is 4.90 Å². The van der Waals surface area contributed by atoms with E-state index in [9.17, 15) is 8.42 Å². The maximum atomic E-state index is 11.7. The molecule has 0 bridgehead atoms. The van der Waals surface area contributed by atoms with Crippen LogP contribution in [-0.2, 0) is 10.0 Å². The summed E-state index contributed by atoms with van der Waals surface area (Å²) in [5, 5.41) is 13.1. The van der Waals surface area contributed by atoms with Crippen LogP contribution in [0, 0.1) is 0 Å². The Hall–Kier alpha value is -3.50. The summed E-state index contributed by atoms with van der Waals surface area (Å²) in [6.07, 6.45) is 4.13. The van der Waals surface area contributed by atoms with Crippen LogP contribution in [0.3, 0.4) is 0 Å². The second kappa shape index (κ2) is 7.03.